The molecule has 1 fully saturated rings. The van der Waals surface area contributed by atoms with Crippen LogP contribution in [0.25, 0.3) is 0 Å². The first-order chi connectivity index (χ1) is 14.5. The highest BCUT2D eigenvalue weighted by Crippen LogP contribution is 2.27. The van der Waals surface area contributed by atoms with E-state index in [2.05, 4.69) is 11.9 Å². The molecule has 1 aromatic carbocycles. The van der Waals surface area contributed by atoms with Crippen molar-refractivity contribution in [2.24, 2.45) is 0 Å². The third-order valence-corrected chi connectivity index (χ3v) is 6.21. The van der Waals surface area contributed by atoms with Crippen LogP contribution in [0.2, 0.25) is 10.0 Å². The fourth-order valence-corrected chi connectivity index (χ4v) is 4.15. The van der Waals surface area contributed by atoms with Crippen LogP contribution >= 0.6 is 23.2 Å². The van der Waals surface area contributed by atoms with Crippen LogP contribution in [0.5, 0.6) is 0 Å². The van der Waals surface area contributed by atoms with Crippen LogP contribution in [-0.2, 0) is 24.2 Å². The number of ether oxygens (including phenoxy) is 1. The minimum Gasteiger partial charge on any atom is -0.456 e. The van der Waals surface area contributed by atoms with Gasteiger partial charge in [-0.3, -0.25) is 9.69 Å². The molecule has 0 radical (unpaired) electrons. The van der Waals surface area contributed by atoms with Gasteiger partial charge < -0.3 is 9.30 Å². The molecule has 2 aromatic rings. The van der Waals surface area contributed by atoms with Gasteiger partial charge in [0.25, 0.3) is 5.56 Å². The Morgan fingerprint density at radius 1 is 1.16 bits per heavy atom. The van der Waals surface area contributed by atoms with Gasteiger partial charge in [-0.1, -0.05) is 41.8 Å². The molecule has 168 valence electrons. The lowest BCUT2D eigenvalue weighted by Crippen LogP contribution is -2.38. The van der Waals surface area contributed by atoms with E-state index < -0.39 is 5.60 Å². The fourth-order valence-electron chi connectivity index (χ4n) is 3.61. The van der Waals surface area contributed by atoms with Crippen molar-refractivity contribution < 1.29 is 9.53 Å². The van der Waals surface area contributed by atoms with Crippen molar-refractivity contribution in [3.8, 4) is 0 Å². The zero-order valence-corrected chi connectivity index (χ0v) is 20.1. The van der Waals surface area contributed by atoms with Crippen molar-refractivity contribution >= 4 is 29.2 Å². The normalized spacial score (nSPS) is 14.5. The molecule has 0 bridgehead atoms. The monoisotopic (exact) mass is 464 g/mol. The summed E-state index contributed by atoms with van der Waals surface area (Å²) >= 11 is 12.6. The molecule has 5 nitrogen and oxygen atoms in total. The third-order valence-electron chi connectivity index (χ3n) is 5.61. The molecule has 1 aromatic heterocycles. The van der Waals surface area contributed by atoms with Crippen LogP contribution in [0.1, 0.15) is 61.6 Å². The lowest BCUT2D eigenvalue weighted by atomic mass is 9.92. The summed E-state index contributed by atoms with van der Waals surface area (Å²) in [6.07, 6.45) is 4.21. The Labute approximate surface area is 193 Å². The molecule has 0 aliphatic heterocycles. The van der Waals surface area contributed by atoms with E-state index in [1.807, 2.05) is 32.9 Å². The van der Waals surface area contributed by atoms with Crippen molar-refractivity contribution in [3.05, 3.63) is 67.6 Å². The molecule has 3 rings (SSSR count). The summed E-state index contributed by atoms with van der Waals surface area (Å²) in [4.78, 5) is 27.2. The SMILES string of the molecule is CN(Cc1c(Cl)cc(Cl)c(=O)n1CCc1ccc(C(=O)OC(C)(C)C)cc1)C1CCC1. The van der Waals surface area contributed by atoms with Crippen LogP contribution in [0.4, 0.5) is 0 Å². The summed E-state index contributed by atoms with van der Waals surface area (Å²) in [5, 5.41) is 0.636. The van der Waals surface area contributed by atoms with Crippen molar-refractivity contribution in [2.45, 2.75) is 71.2 Å². The van der Waals surface area contributed by atoms with Gasteiger partial charge in [0.05, 0.1) is 16.3 Å². The van der Waals surface area contributed by atoms with Gasteiger partial charge in [0.1, 0.15) is 10.6 Å². The van der Waals surface area contributed by atoms with Crippen molar-refractivity contribution in [3.63, 3.8) is 0 Å². The van der Waals surface area contributed by atoms with E-state index >= 15 is 0 Å². The maximum absolute atomic E-state index is 12.8. The smallest absolute Gasteiger partial charge is 0.338 e. The van der Waals surface area contributed by atoms with E-state index in [0.717, 1.165) is 11.3 Å². The molecule has 1 saturated carbocycles. The van der Waals surface area contributed by atoms with Gasteiger partial charge >= 0.3 is 5.97 Å². The largest absolute Gasteiger partial charge is 0.456 e. The number of esters is 1. The third kappa shape index (κ3) is 6.12. The zero-order valence-electron chi connectivity index (χ0n) is 18.6. The first-order valence-electron chi connectivity index (χ1n) is 10.7. The topological polar surface area (TPSA) is 51.5 Å². The number of aryl methyl sites for hydroxylation is 1. The second-order valence-corrected chi connectivity index (χ2v) is 10.0. The minimum atomic E-state index is -0.536. The average Bonchev–Trinajstić information content (AvgIpc) is 2.63. The number of carbonyl (C=O) groups is 1. The molecule has 0 atom stereocenters. The number of benzene rings is 1. The quantitative estimate of drug-likeness (QED) is 0.519. The van der Waals surface area contributed by atoms with Gasteiger partial charge in [0, 0.05) is 19.1 Å². The van der Waals surface area contributed by atoms with Crippen molar-refractivity contribution in [1.29, 1.82) is 0 Å². The zero-order chi connectivity index (χ0) is 22.8. The van der Waals surface area contributed by atoms with Crippen LogP contribution < -0.4 is 5.56 Å². The molecule has 0 unspecified atom stereocenters. The highest BCUT2D eigenvalue weighted by Gasteiger charge is 2.24. The van der Waals surface area contributed by atoms with Gasteiger partial charge in [0.2, 0.25) is 0 Å². The Morgan fingerprint density at radius 2 is 1.81 bits per heavy atom. The first-order valence-corrected chi connectivity index (χ1v) is 11.4. The number of nitrogens with zero attached hydrogens (tertiary/aromatic N) is 2. The van der Waals surface area contributed by atoms with E-state index in [4.69, 9.17) is 27.9 Å². The Balaban J connectivity index is 1.74. The standard InChI is InChI=1S/C24H30Cl2N2O3/c1-24(2,3)31-23(30)17-10-8-16(9-11-17)12-13-28-21(15-27(4)18-6-5-7-18)19(25)14-20(26)22(28)29/h8-11,14,18H,5-7,12-13,15H2,1-4H3. The fraction of sp³-hybridized carbons (Fsp3) is 0.500. The molecule has 0 spiro atoms. The van der Waals surface area contributed by atoms with Gasteiger partial charge in [-0.15, -0.1) is 0 Å². The van der Waals surface area contributed by atoms with Crippen LogP contribution in [0, 0.1) is 0 Å². The predicted octanol–water partition coefficient (Wildman–Crippen LogP) is 5.34. The summed E-state index contributed by atoms with van der Waals surface area (Å²) in [5.41, 5.74) is 1.54. The van der Waals surface area contributed by atoms with E-state index in [1.165, 1.54) is 19.3 Å². The number of pyridine rings is 1. The summed E-state index contributed by atoms with van der Waals surface area (Å²) in [5.74, 6) is -0.349. The number of carbonyl (C=O) groups excluding carboxylic acids is 1. The number of hydrogen-bond donors (Lipinski definition) is 0. The van der Waals surface area contributed by atoms with E-state index in [9.17, 15) is 9.59 Å². The molecule has 1 heterocycles. The van der Waals surface area contributed by atoms with Gasteiger partial charge in [-0.25, -0.2) is 4.79 Å². The molecule has 7 heteroatoms. The maximum atomic E-state index is 12.8. The lowest BCUT2D eigenvalue weighted by Gasteiger charge is -2.35. The molecular formula is C24H30Cl2N2O3. The summed E-state index contributed by atoms with van der Waals surface area (Å²) in [7, 11) is 2.07. The Bertz CT molecular complexity index is 990. The number of hydrogen-bond acceptors (Lipinski definition) is 4. The van der Waals surface area contributed by atoms with E-state index in [1.54, 1.807) is 22.8 Å². The molecule has 31 heavy (non-hydrogen) atoms. The van der Waals surface area contributed by atoms with Crippen LogP contribution in [0.15, 0.2) is 35.1 Å². The van der Waals surface area contributed by atoms with Gasteiger partial charge in [-0.05, 0) is 70.8 Å². The predicted molar refractivity (Wildman–Crippen MR) is 125 cm³/mol. The van der Waals surface area contributed by atoms with E-state index in [-0.39, 0.29) is 16.6 Å². The molecule has 0 saturated heterocycles. The number of rotatable bonds is 7. The van der Waals surface area contributed by atoms with Crippen LogP contribution in [-0.4, -0.2) is 34.1 Å². The molecular weight excluding hydrogens is 435 g/mol. The van der Waals surface area contributed by atoms with Gasteiger partial charge in [0.15, 0.2) is 0 Å². The van der Waals surface area contributed by atoms with Crippen molar-refractivity contribution in [1.82, 2.24) is 9.47 Å². The Hall–Kier alpha value is -1.82. The summed E-state index contributed by atoms with van der Waals surface area (Å²) in [6.45, 7) is 6.58. The van der Waals surface area contributed by atoms with Gasteiger partial charge in [-0.2, -0.15) is 0 Å². The minimum absolute atomic E-state index is 0.125. The highest BCUT2D eigenvalue weighted by molar-refractivity contribution is 6.34. The number of aromatic nitrogens is 1. The maximum Gasteiger partial charge on any atom is 0.338 e. The molecule has 1 aliphatic carbocycles. The second-order valence-electron chi connectivity index (χ2n) is 9.19. The van der Waals surface area contributed by atoms with E-state index in [0.29, 0.717) is 36.1 Å². The van der Waals surface area contributed by atoms with Crippen LogP contribution in [0.3, 0.4) is 0 Å². The summed E-state index contributed by atoms with van der Waals surface area (Å²) < 4.78 is 7.08. The highest BCUT2D eigenvalue weighted by atomic mass is 35.5. The molecule has 0 N–H and O–H groups in total. The summed E-state index contributed by atoms with van der Waals surface area (Å²) in [6, 6.07) is 9.36. The van der Waals surface area contributed by atoms with Crippen molar-refractivity contribution in [2.75, 3.05) is 7.05 Å². The molecule has 1 aliphatic rings. The Kier molecular flexibility index (Phi) is 7.51. The average molecular weight is 465 g/mol. The second kappa shape index (κ2) is 9.76. The molecule has 0 amide bonds. The number of halogens is 2. The lowest BCUT2D eigenvalue weighted by molar-refractivity contribution is 0.00695. The first kappa shape index (κ1) is 23.8. The Morgan fingerprint density at radius 3 is 2.35 bits per heavy atom.